The molecule has 1 aliphatic carbocycles. The van der Waals surface area contributed by atoms with E-state index in [9.17, 15) is 13.2 Å². The number of guanidine groups is 1. The number of aliphatic imine (C=N–C) groups is 1. The molecule has 3 N–H and O–H groups in total. The van der Waals surface area contributed by atoms with Crippen LogP contribution in [0.5, 0.6) is 0 Å². The van der Waals surface area contributed by atoms with Gasteiger partial charge in [-0.05, 0) is 57.2 Å². The van der Waals surface area contributed by atoms with Crippen LogP contribution < -0.4 is 15.6 Å². The van der Waals surface area contributed by atoms with Crippen LogP contribution >= 0.6 is 0 Å². The molecule has 1 saturated carbocycles. The maximum atomic E-state index is 13.5. The van der Waals surface area contributed by atoms with Crippen LogP contribution in [0.4, 0.5) is 0 Å². The van der Waals surface area contributed by atoms with Gasteiger partial charge in [0.25, 0.3) is 5.91 Å². The summed E-state index contributed by atoms with van der Waals surface area (Å²) in [4.78, 5) is 30.0. The number of hydrogen-bond donors (Lipinski definition) is 3. The van der Waals surface area contributed by atoms with Crippen molar-refractivity contribution in [2.24, 2.45) is 4.99 Å². The van der Waals surface area contributed by atoms with Crippen LogP contribution in [0.25, 0.3) is 0 Å². The van der Waals surface area contributed by atoms with Crippen molar-refractivity contribution in [2.75, 3.05) is 14.2 Å². The molecule has 1 amide bonds. The lowest BCUT2D eigenvalue weighted by atomic mass is 9.90. The summed E-state index contributed by atoms with van der Waals surface area (Å²) in [5.74, 6) is -0.765. The fourth-order valence-corrected chi connectivity index (χ4v) is 5.44. The third-order valence-corrected chi connectivity index (χ3v) is 8.56. The molecule has 0 aromatic carbocycles. The number of nitrogens with zero attached hydrogens (tertiary/aromatic N) is 4. The number of carbonyl (C=O) groups excluding carboxylic acids is 1. The molecule has 0 saturated heterocycles. The van der Waals surface area contributed by atoms with Crippen LogP contribution in [0.15, 0.2) is 35.8 Å². The van der Waals surface area contributed by atoms with Gasteiger partial charge in [-0.1, -0.05) is 6.92 Å². The second kappa shape index (κ2) is 13.1. The Morgan fingerprint density at radius 1 is 1.00 bits per heavy atom. The van der Waals surface area contributed by atoms with Crippen LogP contribution in [0.1, 0.15) is 66.3 Å². The van der Waals surface area contributed by atoms with Gasteiger partial charge >= 0.3 is 0 Å². The van der Waals surface area contributed by atoms with Gasteiger partial charge in [-0.3, -0.25) is 25.4 Å². The molecule has 38 heavy (non-hydrogen) atoms. The quantitative estimate of drug-likeness (QED) is 0.255. The molecule has 208 valence electrons. The molecule has 5 atom stereocenters. The van der Waals surface area contributed by atoms with Crippen molar-refractivity contribution in [1.82, 2.24) is 30.5 Å². The molecule has 12 nitrogen and oxygen atoms in total. The van der Waals surface area contributed by atoms with Crippen LogP contribution in [-0.4, -0.2) is 73.0 Å². The van der Waals surface area contributed by atoms with Gasteiger partial charge in [0.15, 0.2) is 0 Å². The number of hydrazine groups is 1. The Labute approximate surface area is 224 Å². The minimum atomic E-state index is -4.00. The van der Waals surface area contributed by atoms with Gasteiger partial charge in [-0.25, -0.2) is 23.4 Å². The first kappa shape index (κ1) is 29.4. The van der Waals surface area contributed by atoms with Crippen LogP contribution in [0, 0.1) is 13.8 Å². The first-order valence-electron chi connectivity index (χ1n) is 12.5. The number of nitrogens with one attached hydrogen (secondary N) is 3. The normalized spacial score (nSPS) is 21.8. The largest absolute Gasteiger partial charge is 0.379 e. The Kier molecular flexibility index (Phi) is 10.1. The van der Waals surface area contributed by atoms with E-state index < -0.39 is 33.1 Å². The molecule has 1 aliphatic rings. The van der Waals surface area contributed by atoms with Crippen LogP contribution in [0.2, 0.25) is 0 Å². The molecule has 0 radical (unpaired) electrons. The Morgan fingerprint density at radius 2 is 1.63 bits per heavy atom. The van der Waals surface area contributed by atoms with E-state index in [1.165, 1.54) is 6.20 Å². The minimum Gasteiger partial charge on any atom is -0.379 e. The summed E-state index contributed by atoms with van der Waals surface area (Å²) in [6.07, 6.45) is 8.13. The molecule has 3 rings (SSSR count). The van der Waals surface area contributed by atoms with Crippen molar-refractivity contribution >= 4 is 21.9 Å². The fraction of sp³-hybridized carbons (Fsp3) is 0.560. The number of hydrogen-bond acceptors (Lipinski definition) is 9. The molecule has 2 aromatic rings. The SMILES string of the molecule is CO[C@H]1CCC[C@@H](OC)C1N=C(NNC(=O)c1cncc(C)c1)NS(=O)(=O)[C@@H](C)[C@H](C)c1ncc(C)cn1. The summed E-state index contributed by atoms with van der Waals surface area (Å²) in [5, 5.41) is -0.920. The Hall–Kier alpha value is -3.16. The summed E-state index contributed by atoms with van der Waals surface area (Å²) in [6.45, 7) is 6.99. The second-order valence-electron chi connectivity index (χ2n) is 9.54. The number of ether oxygens (including phenoxy) is 2. The average Bonchev–Trinajstić information content (AvgIpc) is 2.91. The van der Waals surface area contributed by atoms with Gasteiger partial charge in [0, 0.05) is 44.9 Å². The molecule has 2 aromatic heterocycles. The van der Waals surface area contributed by atoms with E-state index in [1.807, 2.05) is 13.8 Å². The van der Waals surface area contributed by atoms with Gasteiger partial charge in [0.2, 0.25) is 16.0 Å². The van der Waals surface area contributed by atoms with Crippen molar-refractivity contribution in [1.29, 1.82) is 0 Å². The zero-order valence-electron chi connectivity index (χ0n) is 22.6. The Morgan fingerprint density at radius 3 is 2.21 bits per heavy atom. The number of carbonyl (C=O) groups is 1. The summed E-state index contributed by atoms with van der Waals surface area (Å²) in [6, 6.07) is 1.16. The van der Waals surface area contributed by atoms with E-state index in [-0.39, 0.29) is 18.2 Å². The van der Waals surface area contributed by atoms with Gasteiger partial charge < -0.3 is 9.47 Å². The van der Waals surface area contributed by atoms with E-state index in [2.05, 4.69) is 35.5 Å². The third kappa shape index (κ3) is 7.45. The molecule has 0 spiro atoms. The van der Waals surface area contributed by atoms with Crippen molar-refractivity contribution in [3.8, 4) is 0 Å². The van der Waals surface area contributed by atoms with Crippen LogP contribution in [0.3, 0.4) is 0 Å². The average molecular weight is 548 g/mol. The number of amides is 1. The standard InChI is InChI=1S/C25H37N7O5S/c1-15-10-19(14-26-11-15)24(33)30-31-25(29-22-20(36-5)8-7-9-21(22)37-6)32-38(34,35)18(4)17(3)23-27-12-16(2)13-28-23/h10-14,17-18,20-22H,7-9H2,1-6H3,(H,30,33)(H2,29,31,32)/t17-,18-,20-,21+,22?/m0/s1. The molecule has 0 aliphatic heterocycles. The number of pyridine rings is 1. The van der Waals surface area contributed by atoms with E-state index in [4.69, 9.17) is 9.47 Å². The first-order valence-corrected chi connectivity index (χ1v) is 14.0. The monoisotopic (exact) mass is 547 g/mol. The summed E-state index contributed by atoms with van der Waals surface area (Å²) >= 11 is 0. The van der Waals surface area contributed by atoms with Gasteiger partial charge in [-0.2, -0.15) is 0 Å². The first-order chi connectivity index (χ1) is 18.1. The highest BCUT2D eigenvalue weighted by atomic mass is 32.2. The number of sulfonamides is 1. The van der Waals surface area contributed by atoms with Crippen molar-refractivity contribution in [2.45, 2.75) is 76.4 Å². The van der Waals surface area contributed by atoms with Crippen molar-refractivity contribution in [3.05, 3.63) is 53.4 Å². The number of aromatic nitrogens is 3. The number of methoxy groups -OCH3 is 2. The second-order valence-corrected chi connectivity index (χ2v) is 11.6. The van der Waals surface area contributed by atoms with E-state index in [0.717, 1.165) is 30.4 Å². The zero-order chi connectivity index (χ0) is 27.9. The lowest BCUT2D eigenvalue weighted by Gasteiger charge is -2.34. The predicted molar refractivity (Wildman–Crippen MR) is 143 cm³/mol. The maximum Gasteiger partial charge on any atom is 0.271 e. The fourth-order valence-electron chi connectivity index (χ4n) is 4.23. The predicted octanol–water partition coefficient (Wildman–Crippen LogP) is 1.77. The molecule has 2 heterocycles. The topological polar surface area (TPSA) is 157 Å². The van der Waals surface area contributed by atoms with E-state index in [0.29, 0.717) is 11.4 Å². The van der Waals surface area contributed by atoms with Crippen molar-refractivity contribution < 1.29 is 22.7 Å². The smallest absolute Gasteiger partial charge is 0.271 e. The highest BCUT2D eigenvalue weighted by Crippen LogP contribution is 2.26. The molecular weight excluding hydrogens is 510 g/mol. The third-order valence-electron chi connectivity index (χ3n) is 6.70. The molecule has 1 fully saturated rings. The number of aryl methyl sites for hydroxylation is 2. The molecular formula is C25H37N7O5S. The zero-order valence-corrected chi connectivity index (χ0v) is 23.4. The van der Waals surface area contributed by atoms with E-state index >= 15 is 0 Å². The molecule has 0 bridgehead atoms. The molecule has 1 unspecified atom stereocenters. The summed E-state index contributed by atoms with van der Waals surface area (Å²) in [7, 11) is -0.837. The summed E-state index contributed by atoms with van der Waals surface area (Å²) < 4.78 is 40.7. The highest BCUT2D eigenvalue weighted by molar-refractivity contribution is 7.90. The lowest BCUT2D eigenvalue weighted by molar-refractivity contribution is -0.0272. The Balaban J connectivity index is 1.88. The van der Waals surface area contributed by atoms with Crippen molar-refractivity contribution in [3.63, 3.8) is 0 Å². The minimum absolute atomic E-state index is 0.154. The van der Waals surface area contributed by atoms with E-state index in [1.54, 1.807) is 52.7 Å². The summed E-state index contributed by atoms with van der Waals surface area (Å²) in [5.41, 5.74) is 7.17. The Bertz CT molecular complexity index is 1210. The van der Waals surface area contributed by atoms with Gasteiger partial charge in [-0.15, -0.1) is 0 Å². The van der Waals surface area contributed by atoms with Crippen LogP contribution in [-0.2, 0) is 19.5 Å². The number of rotatable bonds is 8. The lowest BCUT2D eigenvalue weighted by Crippen LogP contribution is -2.53. The maximum absolute atomic E-state index is 13.5. The van der Waals surface area contributed by atoms with Gasteiger partial charge in [0.1, 0.15) is 11.9 Å². The highest BCUT2D eigenvalue weighted by Gasteiger charge is 2.35. The van der Waals surface area contributed by atoms with Gasteiger partial charge in [0.05, 0.1) is 23.0 Å². The molecule has 13 heteroatoms.